The zero-order chi connectivity index (χ0) is 15.2. The standard InChI is InChI=1S/C11H12N2O6S/c1-19-11(16)13-20(17,18)12-9-5-2-8(3-6-9)4-7-10(14)15/h2-7,12H,1H3,(H,13,16)(H,14,15)/b7-4+. The van der Waals surface area contributed by atoms with E-state index in [1.54, 1.807) is 4.72 Å². The zero-order valence-corrected chi connectivity index (χ0v) is 11.2. The predicted octanol–water partition coefficient (Wildman–Crippen LogP) is 0.797. The van der Waals surface area contributed by atoms with Crippen molar-refractivity contribution >= 4 is 34.0 Å². The predicted molar refractivity (Wildman–Crippen MR) is 71.2 cm³/mol. The molecule has 0 aliphatic rings. The van der Waals surface area contributed by atoms with Crippen molar-refractivity contribution in [3.63, 3.8) is 0 Å². The third-order valence-corrected chi connectivity index (χ3v) is 2.92. The molecule has 0 radical (unpaired) electrons. The maximum Gasteiger partial charge on any atom is 0.422 e. The summed E-state index contributed by atoms with van der Waals surface area (Å²) in [7, 11) is -3.04. The summed E-state index contributed by atoms with van der Waals surface area (Å²) in [4.78, 5) is 21.1. The van der Waals surface area contributed by atoms with Crippen molar-refractivity contribution in [2.75, 3.05) is 11.8 Å². The lowest BCUT2D eigenvalue weighted by Crippen LogP contribution is -2.35. The Labute approximate surface area is 115 Å². The van der Waals surface area contributed by atoms with E-state index in [9.17, 15) is 18.0 Å². The van der Waals surface area contributed by atoms with Crippen LogP contribution in [0.1, 0.15) is 5.56 Å². The number of nitrogens with one attached hydrogen (secondary N) is 2. The maximum atomic E-state index is 11.5. The van der Waals surface area contributed by atoms with E-state index in [1.807, 2.05) is 0 Å². The van der Waals surface area contributed by atoms with Crippen molar-refractivity contribution < 1.29 is 27.9 Å². The molecule has 20 heavy (non-hydrogen) atoms. The van der Waals surface area contributed by atoms with Crippen LogP contribution in [0.15, 0.2) is 30.3 Å². The average Bonchev–Trinajstić information content (AvgIpc) is 2.36. The molecule has 3 N–H and O–H groups in total. The number of aliphatic carboxylic acids is 1. The quantitative estimate of drug-likeness (QED) is 0.691. The molecule has 9 heteroatoms. The number of carboxylic acids is 1. The van der Waals surface area contributed by atoms with Crippen LogP contribution in [0.3, 0.4) is 0 Å². The SMILES string of the molecule is COC(=O)NS(=O)(=O)Nc1ccc(/C=C/C(=O)O)cc1. The summed E-state index contributed by atoms with van der Waals surface area (Å²) in [5.74, 6) is -1.09. The van der Waals surface area contributed by atoms with E-state index >= 15 is 0 Å². The number of methoxy groups -OCH3 is 1. The molecule has 1 amide bonds. The Kier molecular flexibility index (Phi) is 5.09. The molecule has 0 heterocycles. The summed E-state index contributed by atoms with van der Waals surface area (Å²) in [5, 5.41) is 8.46. The summed E-state index contributed by atoms with van der Waals surface area (Å²) in [6, 6.07) is 5.85. The van der Waals surface area contributed by atoms with Gasteiger partial charge in [0.2, 0.25) is 0 Å². The van der Waals surface area contributed by atoms with Crippen LogP contribution in [0.2, 0.25) is 0 Å². The number of carbonyl (C=O) groups is 2. The van der Waals surface area contributed by atoms with Gasteiger partial charge >= 0.3 is 22.3 Å². The Bertz CT molecular complexity index is 621. The van der Waals surface area contributed by atoms with Crippen LogP contribution < -0.4 is 9.44 Å². The first-order valence-electron chi connectivity index (χ1n) is 5.22. The van der Waals surface area contributed by atoms with E-state index in [2.05, 4.69) is 9.46 Å². The number of hydrogen-bond donors (Lipinski definition) is 3. The van der Waals surface area contributed by atoms with E-state index in [0.29, 0.717) is 5.56 Å². The fourth-order valence-electron chi connectivity index (χ4n) is 1.16. The van der Waals surface area contributed by atoms with Crippen molar-refractivity contribution in [3.8, 4) is 0 Å². The van der Waals surface area contributed by atoms with Crippen LogP contribution in [0.5, 0.6) is 0 Å². The molecule has 0 aromatic heterocycles. The molecule has 0 atom stereocenters. The minimum Gasteiger partial charge on any atom is -0.478 e. The van der Waals surface area contributed by atoms with E-state index in [0.717, 1.165) is 13.2 Å². The number of benzene rings is 1. The summed E-state index contributed by atoms with van der Waals surface area (Å²) in [5.41, 5.74) is 0.783. The molecular weight excluding hydrogens is 288 g/mol. The molecule has 1 aromatic carbocycles. The lowest BCUT2D eigenvalue weighted by Gasteiger charge is -2.08. The molecule has 1 rings (SSSR count). The summed E-state index contributed by atoms with van der Waals surface area (Å²) < 4.78 is 30.8. The van der Waals surface area contributed by atoms with E-state index < -0.39 is 22.3 Å². The molecule has 108 valence electrons. The van der Waals surface area contributed by atoms with Crippen LogP contribution in [0, 0.1) is 0 Å². The normalized spacial score (nSPS) is 11.1. The van der Waals surface area contributed by atoms with Gasteiger partial charge in [-0.15, -0.1) is 0 Å². The van der Waals surface area contributed by atoms with E-state index in [4.69, 9.17) is 5.11 Å². The van der Waals surface area contributed by atoms with Crippen LogP contribution in [-0.2, 0) is 19.7 Å². The Balaban J connectivity index is 2.75. The minimum absolute atomic E-state index is 0.203. The summed E-state index contributed by atoms with van der Waals surface area (Å²) >= 11 is 0. The Hall–Kier alpha value is -2.55. The van der Waals surface area contributed by atoms with Crippen molar-refractivity contribution in [2.45, 2.75) is 0 Å². The highest BCUT2D eigenvalue weighted by atomic mass is 32.2. The first-order valence-corrected chi connectivity index (χ1v) is 6.70. The van der Waals surface area contributed by atoms with Crippen LogP contribution in [-0.4, -0.2) is 32.7 Å². The van der Waals surface area contributed by atoms with Gasteiger partial charge in [-0.2, -0.15) is 8.42 Å². The molecule has 0 aliphatic heterocycles. The van der Waals surface area contributed by atoms with E-state index in [-0.39, 0.29) is 5.69 Å². The van der Waals surface area contributed by atoms with Crippen LogP contribution in [0.25, 0.3) is 6.08 Å². The topological polar surface area (TPSA) is 122 Å². The molecule has 0 bridgehead atoms. The largest absolute Gasteiger partial charge is 0.478 e. The van der Waals surface area contributed by atoms with Gasteiger partial charge in [-0.1, -0.05) is 12.1 Å². The van der Waals surface area contributed by atoms with Gasteiger partial charge < -0.3 is 9.84 Å². The first kappa shape index (κ1) is 15.5. The van der Waals surface area contributed by atoms with E-state index in [1.165, 1.54) is 30.3 Å². The monoisotopic (exact) mass is 300 g/mol. The van der Waals surface area contributed by atoms with Gasteiger partial charge in [0.1, 0.15) is 0 Å². The van der Waals surface area contributed by atoms with Gasteiger partial charge in [0.15, 0.2) is 0 Å². The second kappa shape index (κ2) is 6.57. The molecule has 0 spiro atoms. The molecule has 8 nitrogen and oxygen atoms in total. The number of carbonyl (C=O) groups excluding carboxylic acids is 1. The summed E-state index contributed by atoms with van der Waals surface area (Å²) in [6.45, 7) is 0. The highest BCUT2D eigenvalue weighted by Crippen LogP contribution is 2.11. The van der Waals surface area contributed by atoms with Crippen LogP contribution in [0.4, 0.5) is 10.5 Å². The molecule has 0 fully saturated rings. The second-order valence-electron chi connectivity index (χ2n) is 3.49. The highest BCUT2D eigenvalue weighted by Gasteiger charge is 2.13. The van der Waals surface area contributed by atoms with Crippen LogP contribution >= 0.6 is 0 Å². The number of amides is 1. The Morgan fingerprint density at radius 2 is 1.85 bits per heavy atom. The Morgan fingerprint density at radius 1 is 1.25 bits per heavy atom. The van der Waals surface area contributed by atoms with Crippen molar-refractivity contribution in [2.24, 2.45) is 0 Å². The van der Waals surface area contributed by atoms with Gasteiger partial charge in [0.25, 0.3) is 0 Å². The summed E-state index contributed by atoms with van der Waals surface area (Å²) in [6.07, 6.45) is 1.20. The average molecular weight is 300 g/mol. The number of hydrogen-bond acceptors (Lipinski definition) is 5. The third-order valence-electron chi connectivity index (χ3n) is 1.98. The fourth-order valence-corrected chi connectivity index (χ4v) is 1.96. The second-order valence-corrected chi connectivity index (χ2v) is 4.91. The smallest absolute Gasteiger partial charge is 0.422 e. The molecule has 1 aromatic rings. The lowest BCUT2D eigenvalue weighted by molar-refractivity contribution is -0.131. The highest BCUT2D eigenvalue weighted by molar-refractivity contribution is 7.91. The number of carboxylic acid groups (broad SMARTS) is 1. The fraction of sp³-hybridized carbons (Fsp3) is 0.0909. The van der Waals surface area contributed by atoms with Gasteiger partial charge in [-0.3, -0.25) is 4.72 Å². The number of rotatable bonds is 5. The zero-order valence-electron chi connectivity index (χ0n) is 10.4. The number of ether oxygens (including phenoxy) is 1. The molecular formula is C11H12N2O6S. The minimum atomic E-state index is -4.07. The Morgan fingerprint density at radius 3 is 2.35 bits per heavy atom. The lowest BCUT2D eigenvalue weighted by atomic mass is 10.2. The molecule has 0 aliphatic carbocycles. The molecule has 0 saturated heterocycles. The van der Waals surface area contributed by atoms with Gasteiger partial charge in [0, 0.05) is 6.08 Å². The first-order chi connectivity index (χ1) is 9.32. The maximum absolute atomic E-state index is 11.5. The van der Waals surface area contributed by atoms with Crippen molar-refractivity contribution in [3.05, 3.63) is 35.9 Å². The van der Waals surface area contributed by atoms with Gasteiger partial charge in [0.05, 0.1) is 12.8 Å². The van der Waals surface area contributed by atoms with Crippen molar-refractivity contribution in [1.29, 1.82) is 0 Å². The van der Waals surface area contributed by atoms with Gasteiger partial charge in [-0.25, -0.2) is 14.3 Å². The van der Waals surface area contributed by atoms with Crippen molar-refractivity contribution in [1.82, 2.24) is 4.72 Å². The molecule has 0 unspecified atom stereocenters. The number of anilines is 1. The van der Waals surface area contributed by atoms with Gasteiger partial charge in [-0.05, 0) is 23.8 Å². The third kappa shape index (κ3) is 5.40. The molecule has 0 saturated carbocycles.